The monoisotopic (exact) mass is 239 g/mol. The van der Waals surface area contributed by atoms with Gasteiger partial charge in [0.05, 0.1) is 19.3 Å². The number of anilines is 1. The Bertz CT molecular complexity index is 386. The van der Waals surface area contributed by atoms with Gasteiger partial charge in [-0.15, -0.1) is 0 Å². The standard InChI is InChI=1S/C12H18FN3O/c1-9-8-17-6-5-16(9)12-11(13)10(7-14-2)3-4-15-12/h3-4,9,14H,5-8H2,1-2H3. The molecule has 0 radical (unpaired) electrons. The second-order valence-corrected chi connectivity index (χ2v) is 4.26. The molecule has 1 aromatic heterocycles. The third kappa shape index (κ3) is 2.56. The Hall–Kier alpha value is -1.20. The van der Waals surface area contributed by atoms with Crippen LogP contribution in [0, 0.1) is 5.82 Å². The van der Waals surface area contributed by atoms with Gasteiger partial charge in [-0.25, -0.2) is 9.37 Å². The molecule has 1 aliphatic heterocycles. The van der Waals surface area contributed by atoms with Gasteiger partial charge in [0.2, 0.25) is 0 Å². The second-order valence-electron chi connectivity index (χ2n) is 4.26. The third-order valence-electron chi connectivity index (χ3n) is 2.96. The fourth-order valence-electron chi connectivity index (χ4n) is 2.04. The van der Waals surface area contributed by atoms with Crippen molar-refractivity contribution in [2.45, 2.75) is 19.5 Å². The fourth-order valence-corrected chi connectivity index (χ4v) is 2.04. The lowest BCUT2D eigenvalue weighted by Gasteiger charge is -2.34. The molecule has 94 valence electrons. The molecule has 1 N–H and O–H groups in total. The Morgan fingerprint density at radius 1 is 1.65 bits per heavy atom. The highest BCUT2D eigenvalue weighted by Crippen LogP contribution is 2.22. The van der Waals surface area contributed by atoms with Crippen molar-refractivity contribution in [2.75, 3.05) is 31.7 Å². The number of halogens is 1. The molecule has 1 unspecified atom stereocenters. The summed E-state index contributed by atoms with van der Waals surface area (Å²) in [6.45, 7) is 4.47. The van der Waals surface area contributed by atoms with Crippen molar-refractivity contribution in [3.8, 4) is 0 Å². The number of nitrogens with one attached hydrogen (secondary N) is 1. The van der Waals surface area contributed by atoms with Crippen molar-refractivity contribution in [1.82, 2.24) is 10.3 Å². The van der Waals surface area contributed by atoms with E-state index in [0.717, 1.165) is 0 Å². The van der Waals surface area contributed by atoms with Crippen LogP contribution in [0.25, 0.3) is 0 Å². The summed E-state index contributed by atoms with van der Waals surface area (Å²) >= 11 is 0. The minimum atomic E-state index is -0.226. The molecule has 1 fully saturated rings. The van der Waals surface area contributed by atoms with E-state index in [9.17, 15) is 4.39 Å². The molecule has 0 aliphatic carbocycles. The van der Waals surface area contributed by atoms with Crippen LogP contribution in [0.15, 0.2) is 12.3 Å². The van der Waals surface area contributed by atoms with Crippen molar-refractivity contribution in [1.29, 1.82) is 0 Å². The number of hydrogen-bond donors (Lipinski definition) is 1. The van der Waals surface area contributed by atoms with Gasteiger partial charge < -0.3 is 15.0 Å². The Kier molecular flexibility index (Phi) is 3.91. The van der Waals surface area contributed by atoms with Crippen molar-refractivity contribution < 1.29 is 9.13 Å². The molecule has 17 heavy (non-hydrogen) atoms. The zero-order valence-electron chi connectivity index (χ0n) is 10.2. The summed E-state index contributed by atoms with van der Waals surface area (Å²) in [6, 6.07) is 1.87. The van der Waals surface area contributed by atoms with Crippen molar-refractivity contribution >= 4 is 5.82 Å². The normalized spacial score (nSPS) is 20.6. The Balaban J connectivity index is 2.27. The highest BCUT2D eigenvalue weighted by atomic mass is 19.1. The molecule has 0 saturated carbocycles. The smallest absolute Gasteiger partial charge is 0.170 e. The summed E-state index contributed by atoms with van der Waals surface area (Å²) in [5, 5.41) is 2.96. The largest absolute Gasteiger partial charge is 0.377 e. The van der Waals surface area contributed by atoms with E-state index in [1.165, 1.54) is 0 Å². The van der Waals surface area contributed by atoms with E-state index >= 15 is 0 Å². The SMILES string of the molecule is CNCc1ccnc(N2CCOCC2C)c1F. The molecule has 2 rings (SSSR count). The molecule has 2 heterocycles. The lowest BCUT2D eigenvalue weighted by Crippen LogP contribution is -2.44. The van der Waals surface area contributed by atoms with Crippen molar-refractivity contribution in [3.63, 3.8) is 0 Å². The molecule has 0 bridgehead atoms. The lowest BCUT2D eigenvalue weighted by molar-refractivity contribution is 0.0981. The summed E-state index contributed by atoms with van der Waals surface area (Å²) in [4.78, 5) is 6.13. The van der Waals surface area contributed by atoms with Crippen LogP contribution in [0.1, 0.15) is 12.5 Å². The highest BCUT2D eigenvalue weighted by Gasteiger charge is 2.23. The van der Waals surface area contributed by atoms with E-state index in [2.05, 4.69) is 10.3 Å². The maximum absolute atomic E-state index is 14.2. The fraction of sp³-hybridized carbons (Fsp3) is 0.583. The van der Waals surface area contributed by atoms with Crippen LogP contribution in [-0.4, -0.2) is 37.8 Å². The number of rotatable bonds is 3. The van der Waals surface area contributed by atoms with Gasteiger partial charge in [-0.1, -0.05) is 0 Å². The molecule has 0 spiro atoms. The minimum absolute atomic E-state index is 0.163. The lowest BCUT2D eigenvalue weighted by atomic mass is 10.2. The number of morpholine rings is 1. The average molecular weight is 239 g/mol. The molecule has 4 nitrogen and oxygen atoms in total. The Morgan fingerprint density at radius 3 is 3.18 bits per heavy atom. The van der Waals surface area contributed by atoms with E-state index in [1.807, 2.05) is 11.8 Å². The first-order chi connectivity index (χ1) is 8.24. The Morgan fingerprint density at radius 2 is 2.47 bits per heavy atom. The molecule has 1 aliphatic rings. The number of pyridine rings is 1. The van der Waals surface area contributed by atoms with Gasteiger partial charge in [-0.2, -0.15) is 0 Å². The van der Waals surface area contributed by atoms with Crippen molar-refractivity contribution in [3.05, 3.63) is 23.6 Å². The van der Waals surface area contributed by atoms with Crippen LogP contribution in [0.2, 0.25) is 0 Å². The third-order valence-corrected chi connectivity index (χ3v) is 2.96. The van der Waals surface area contributed by atoms with E-state index in [4.69, 9.17) is 4.74 Å². The number of hydrogen-bond acceptors (Lipinski definition) is 4. The first kappa shape index (κ1) is 12.3. The maximum atomic E-state index is 14.2. The van der Waals surface area contributed by atoms with E-state index < -0.39 is 0 Å². The van der Waals surface area contributed by atoms with Gasteiger partial charge in [0.25, 0.3) is 0 Å². The quantitative estimate of drug-likeness (QED) is 0.859. The zero-order chi connectivity index (χ0) is 12.3. The van der Waals surface area contributed by atoms with Crippen molar-refractivity contribution in [2.24, 2.45) is 0 Å². The molecular weight excluding hydrogens is 221 g/mol. The highest BCUT2D eigenvalue weighted by molar-refractivity contribution is 5.44. The maximum Gasteiger partial charge on any atom is 0.170 e. The van der Waals surface area contributed by atoms with E-state index in [1.54, 1.807) is 19.3 Å². The van der Waals surface area contributed by atoms with Crippen LogP contribution in [0.3, 0.4) is 0 Å². The molecule has 0 aromatic carbocycles. The van der Waals surface area contributed by atoms with E-state index in [-0.39, 0.29) is 11.9 Å². The van der Waals surface area contributed by atoms with Gasteiger partial charge in [0.1, 0.15) is 0 Å². The summed E-state index contributed by atoms with van der Waals surface area (Å²) in [6.07, 6.45) is 1.66. The molecule has 1 atom stereocenters. The number of ether oxygens (including phenoxy) is 1. The molecular formula is C12H18FN3O. The predicted molar refractivity (Wildman–Crippen MR) is 64.6 cm³/mol. The van der Waals surface area contributed by atoms with E-state index in [0.29, 0.717) is 37.7 Å². The van der Waals surface area contributed by atoms with Crippen LogP contribution in [-0.2, 0) is 11.3 Å². The summed E-state index contributed by atoms with van der Waals surface area (Å²) in [5.74, 6) is 0.212. The van der Waals surface area contributed by atoms with Crippen LogP contribution in [0.5, 0.6) is 0 Å². The van der Waals surface area contributed by atoms with Gasteiger partial charge in [0, 0.05) is 24.8 Å². The van der Waals surface area contributed by atoms with Crippen LogP contribution < -0.4 is 10.2 Å². The average Bonchev–Trinajstić information content (AvgIpc) is 2.33. The zero-order valence-corrected chi connectivity index (χ0v) is 10.2. The molecule has 5 heteroatoms. The topological polar surface area (TPSA) is 37.4 Å². The molecule has 1 aromatic rings. The molecule has 0 amide bonds. The number of aromatic nitrogens is 1. The predicted octanol–water partition coefficient (Wildman–Crippen LogP) is 1.17. The second kappa shape index (κ2) is 5.42. The van der Waals surface area contributed by atoms with Crippen LogP contribution >= 0.6 is 0 Å². The number of nitrogens with zero attached hydrogens (tertiary/aromatic N) is 2. The Labute approximate surface area is 101 Å². The minimum Gasteiger partial charge on any atom is -0.377 e. The van der Waals surface area contributed by atoms with Gasteiger partial charge in [-0.05, 0) is 20.0 Å². The first-order valence-electron chi connectivity index (χ1n) is 5.86. The molecule has 1 saturated heterocycles. The van der Waals surface area contributed by atoms with Gasteiger partial charge in [-0.3, -0.25) is 0 Å². The summed E-state index contributed by atoms with van der Waals surface area (Å²) in [7, 11) is 1.80. The van der Waals surface area contributed by atoms with Gasteiger partial charge in [0.15, 0.2) is 11.6 Å². The summed E-state index contributed by atoms with van der Waals surface area (Å²) in [5.41, 5.74) is 0.649. The summed E-state index contributed by atoms with van der Waals surface area (Å²) < 4.78 is 19.6. The van der Waals surface area contributed by atoms with Crippen LogP contribution in [0.4, 0.5) is 10.2 Å². The first-order valence-corrected chi connectivity index (χ1v) is 5.86. The van der Waals surface area contributed by atoms with Gasteiger partial charge >= 0.3 is 0 Å².